The molecule has 2 aromatic rings. The van der Waals surface area contributed by atoms with Crippen LogP contribution in [0.3, 0.4) is 0 Å². The monoisotopic (exact) mass is 438 g/mol. The van der Waals surface area contributed by atoms with E-state index in [1.54, 1.807) is 20.8 Å². The first-order valence-electron chi connectivity index (χ1n) is 8.90. The molecule has 0 spiro atoms. The summed E-state index contributed by atoms with van der Waals surface area (Å²) in [5.74, 6) is -1.67. The van der Waals surface area contributed by atoms with E-state index in [0.29, 0.717) is 29.9 Å². The standard InChI is InChI=1S/C18H22N4O7S/c1-9-13(17(24)28-4)16(30-15(9)18(25)29-5)19-12(23)7-6-8-21-11(3)14(22(26)27)10(2)20-21/h6-8H2,1-5H3,(H,19,23). The van der Waals surface area contributed by atoms with Gasteiger partial charge in [0.15, 0.2) is 0 Å². The van der Waals surface area contributed by atoms with E-state index in [2.05, 4.69) is 10.4 Å². The summed E-state index contributed by atoms with van der Waals surface area (Å²) in [4.78, 5) is 47.2. The van der Waals surface area contributed by atoms with E-state index < -0.39 is 16.9 Å². The van der Waals surface area contributed by atoms with Crippen LogP contribution in [0.2, 0.25) is 0 Å². The molecule has 0 aromatic carbocycles. The second-order valence-electron chi connectivity index (χ2n) is 6.39. The summed E-state index contributed by atoms with van der Waals surface area (Å²) in [7, 11) is 2.43. The van der Waals surface area contributed by atoms with Crippen LogP contribution in [-0.2, 0) is 20.8 Å². The van der Waals surface area contributed by atoms with Gasteiger partial charge >= 0.3 is 17.6 Å². The van der Waals surface area contributed by atoms with Crippen molar-refractivity contribution < 1.29 is 28.8 Å². The predicted octanol–water partition coefficient (Wildman–Crippen LogP) is 2.77. The van der Waals surface area contributed by atoms with Gasteiger partial charge < -0.3 is 14.8 Å². The van der Waals surface area contributed by atoms with Gasteiger partial charge in [0, 0.05) is 13.0 Å². The summed E-state index contributed by atoms with van der Waals surface area (Å²) in [5, 5.41) is 18.0. The smallest absolute Gasteiger partial charge is 0.348 e. The van der Waals surface area contributed by atoms with Crippen molar-refractivity contribution in [2.75, 3.05) is 19.5 Å². The number of aromatic nitrogens is 2. The Morgan fingerprint density at radius 2 is 1.80 bits per heavy atom. The van der Waals surface area contributed by atoms with Gasteiger partial charge in [-0.1, -0.05) is 0 Å². The summed E-state index contributed by atoms with van der Waals surface area (Å²) < 4.78 is 10.9. The molecule has 0 fully saturated rings. The molecule has 2 rings (SSSR count). The molecular weight excluding hydrogens is 416 g/mol. The number of rotatable bonds is 8. The molecule has 0 unspecified atom stereocenters. The Bertz CT molecular complexity index is 1010. The number of hydrogen-bond acceptors (Lipinski definition) is 9. The molecule has 2 heterocycles. The zero-order valence-electron chi connectivity index (χ0n) is 17.2. The first kappa shape index (κ1) is 23.0. The van der Waals surface area contributed by atoms with Crippen LogP contribution in [-0.4, -0.2) is 46.8 Å². The van der Waals surface area contributed by atoms with E-state index in [0.717, 1.165) is 11.3 Å². The number of thiophene rings is 1. The van der Waals surface area contributed by atoms with Crippen LogP contribution in [0.5, 0.6) is 0 Å². The SMILES string of the molecule is COC(=O)c1sc(NC(=O)CCCn2nc(C)c([N+](=O)[O-])c2C)c(C(=O)OC)c1C. The van der Waals surface area contributed by atoms with Crippen molar-refractivity contribution in [2.24, 2.45) is 0 Å². The molecule has 0 atom stereocenters. The highest BCUT2D eigenvalue weighted by Gasteiger charge is 2.27. The van der Waals surface area contributed by atoms with E-state index in [1.165, 1.54) is 18.9 Å². The number of nitrogens with zero attached hydrogens (tertiary/aromatic N) is 3. The fraction of sp³-hybridized carbons (Fsp3) is 0.444. The second kappa shape index (κ2) is 9.48. The lowest BCUT2D eigenvalue weighted by atomic mass is 10.1. The molecule has 2 aromatic heterocycles. The molecule has 11 nitrogen and oxygen atoms in total. The van der Waals surface area contributed by atoms with E-state index >= 15 is 0 Å². The zero-order chi connectivity index (χ0) is 22.6. The molecule has 0 aliphatic carbocycles. The number of amides is 1. The van der Waals surface area contributed by atoms with Crippen LogP contribution in [0.4, 0.5) is 10.7 Å². The molecule has 162 valence electrons. The third-order valence-electron chi connectivity index (χ3n) is 4.46. The summed E-state index contributed by atoms with van der Waals surface area (Å²) in [6.07, 6.45) is 0.448. The van der Waals surface area contributed by atoms with Gasteiger partial charge in [-0.05, 0) is 32.8 Å². The van der Waals surface area contributed by atoms with Gasteiger partial charge in [0.1, 0.15) is 21.3 Å². The zero-order valence-corrected chi connectivity index (χ0v) is 18.0. The number of nitrogens with one attached hydrogen (secondary N) is 1. The maximum absolute atomic E-state index is 12.4. The number of carbonyl (C=O) groups excluding carboxylic acids is 3. The molecule has 12 heteroatoms. The van der Waals surface area contributed by atoms with Crippen molar-refractivity contribution >= 4 is 39.9 Å². The minimum Gasteiger partial charge on any atom is -0.465 e. The number of esters is 2. The Hall–Kier alpha value is -3.28. The minimum atomic E-state index is -0.677. The number of hydrogen-bond donors (Lipinski definition) is 1. The van der Waals surface area contributed by atoms with Gasteiger partial charge in [0.05, 0.1) is 24.7 Å². The van der Waals surface area contributed by atoms with Crippen molar-refractivity contribution in [3.8, 4) is 0 Å². The molecule has 0 bridgehead atoms. The number of aryl methyl sites for hydroxylation is 2. The van der Waals surface area contributed by atoms with Crippen LogP contribution >= 0.6 is 11.3 Å². The third kappa shape index (κ3) is 4.64. The Labute approximate surface area is 176 Å². The first-order chi connectivity index (χ1) is 14.1. The number of anilines is 1. The Balaban J connectivity index is 2.10. The van der Waals surface area contributed by atoms with Crippen LogP contribution < -0.4 is 5.32 Å². The molecule has 0 aliphatic rings. The quantitative estimate of drug-likeness (QED) is 0.376. The van der Waals surface area contributed by atoms with Gasteiger partial charge in [-0.3, -0.25) is 19.6 Å². The fourth-order valence-electron chi connectivity index (χ4n) is 2.98. The molecule has 0 saturated carbocycles. The number of carbonyl (C=O) groups is 3. The van der Waals surface area contributed by atoms with E-state index in [1.807, 2.05) is 0 Å². The molecule has 1 amide bonds. The fourth-order valence-corrected chi connectivity index (χ4v) is 4.11. The normalized spacial score (nSPS) is 10.6. The molecule has 1 N–H and O–H groups in total. The Kier molecular flexibility index (Phi) is 7.27. The lowest BCUT2D eigenvalue weighted by molar-refractivity contribution is -0.386. The van der Waals surface area contributed by atoms with E-state index in [9.17, 15) is 24.5 Å². The van der Waals surface area contributed by atoms with Crippen LogP contribution in [0.15, 0.2) is 0 Å². The highest BCUT2D eigenvalue weighted by Crippen LogP contribution is 2.34. The first-order valence-corrected chi connectivity index (χ1v) is 9.72. The van der Waals surface area contributed by atoms with Gasteiger partial charge in [0.2, 0.25) is 5.91 Å². The van der Waals surface area contributed by atoms with Gasteiger partial charge in [-0.25, -0.2) is 9.59 Å². The number of ether oxygens (including phenoxy) is 2. The highest BCUT2D eigenvalue weighted by atomic mass is 32.1. The Morgan fingerprint density at radius 1 is 1.17 bits per heavy atom. The summed E-state index contributed by atoms with van der Waals surface area (Å²) >= 11 is 0.932. The van der Waals surface area contributed by atoms with Crippen molar-refractivity contribution in [1.29, 1.82) is 0 Å². The minimum absolute atomic E-state index is 0.0356. The Morgan fingerprint density at radius 3 is 2.33 bits per heavy atom. The lowest BCUT2D eigenvalue weighted by Gasteiger charge is -2.07. The van der Waals surface area contributed by atoms with Crippen molar-refractivity contribution in [1.82, 2.24) is 9.78 Å². The van der Waals surface area contributed by atoms with Crippen LogP contribution in [0.25, 0.3) is 0 Å². The summed E-state index contributed by atoms with van der Waals surface area (Å²) in [5.41, 5.74) is 1.16. The number of nitro groups is 1. The second-order valence-corrected chi connectivity index (χ2v) is 7.42. The van der Waals surface area contributed by atoms with Crippen LogP contribution in [0.1, 0.15) is 49.8 Å². The topological polar surface area (TPSA) is 143 Å². The van der Waals surface area contributed by atoms with Crippen molar-refractivity contribution in [3.63, 3.8) is 0 Å². The summed E-state index contributed by atoms with van der Waals surface area (Å²) in [6, 6.07) is 0. The highest BCUT2D eigenvalue weighted by molar-refractivity contribution is 7.18. The largest absolute Gasteiger partial charge is 0.465 e. The number of methoxy groups -OCH3 is 2. The average Bonchev–Trinajstić information content (AvgIpc) is 3.16. The van der Waals surface area contributed by atoms with Gasteiger partial charge in [-0.15, -0.1) is 11.3 Å². The molecule has 30 heavy (non-hydrogen) atoms. The van der Waals surface area contributed by atoms with E-state index in [4.69, 9.17) is 9.47 Å². The molecule has 0 saturated heterocycles. The maximum Gasteiger partial charge on any atom is 0.348 e. The van der Waals surface area contributed by atoms with Crippen LogP contribution in [0, 0.1) is 30.9 Å². The third-order valence-corrected chi connectivity index (χ3v) is 5.65. The lowest BCUT2D eigenvalue weighted by Crippen LogP contribution is -2.15. The van der Waals surface area contributed by atoms with Crippen molar-refractivity contribution in [2.45, 2.75) is 40.2 Å². The molecule has 0 radical (unpaired) electrons. The van der Waals surface area contributed by atoms with Crippen molar-refractivity contribution in [3.05, 3.63) is 37.5 Å². The molecular formula is C18H22N4O7S. The average molecular weight is 438 g/mol. The van der Waals surface area contributed by atoms with Gasteiger partial charge in [0.25, 0.3) is 0 Å². The van der Waals surface area contributed by atoms with Gasteiger partial charge in [-0.2, -0.15) is 5.10 Å². The molecule has 0 aliphatic heterocycles. The summed E-state index contributed by atoms with van der Waals surface area (Å²) in [6.45, 7) is 5.04. The maximum atomic E-state index is 12.4. The van der Waals surface area contributed by atoms with E-state index in [-0.39, 0.29) is 33.5 Å². The predicted molar refractivity (Wildman–Crippen MR) is 108 cm³/mol.